The van der Waals surface area contributed by atoms with Crippen molar-refractivity contribution in [2.45, 2.75) is 43.9 Å². The maximum atomic E-state index is 12.5. The number of halogens is 3. The molecule has 0 unspecified atom stereocenters. The summed E-state index contributed by atoms with van der Waals surface area (Å²) in [6.45, 7) is 0. The van der Waals surface area contributed by atoms with Crippen molar-refractivity contribution in [2.24, 2.45) is 0 Å². The minimum Gasteiger partial charge on any atom is -0.286 e. The van der Waals surface area contributed by atoms with Gasteiger partial charge in [-0.3, -0.25) is 4.79 Å². The number of alkyl halides is 3. The Morgan fingerprint density at radius 1 is 1.29 bits per heavy atom. The van der Waals surface area contributed by atoms with E-state index in [1.807, 2.05) is 0 Å². The minimum absolute atomic E-state index is 0.199. The van der Waals surface area contributed by atoms with Gasteiger partial charge in [0.1, 0.15) is 0 Å². The summed E-state index contributed by atoms with van der Waals surface area (Å²) in [4.78, 5) is 11.1. The summed E-state index contributed by atoms with van der Waals surface area (Å²) in [7, 11) is 0. The van der Waals surface area contributed by atoms with Crippen LogP contribution < -0.4 is 0 Å². The van der Waals surface area contributed by atoms with E-state index in [2.05, 4.69) is 11.6 Å². The Balaban J connectivity index is 2.69. The molecule has 0 aliphatic heterocycles. The zero-order valence-corrected chi connectivity index (χ0v) is 8.62. The van der Waals surface area contributed by atoms with E-state index >= 15 is 0 Å². The van der Waals surface area contributed by atoms with E-state index in [1.54, 1.807) is 6.08 Å². The molecule has 0 atom stereocenters. The molecule has 0 heterocycles. The van der Waals surface area contributed by atoms with Crippen molar-refractivity contribution in [2.75, 3.05) is 0 Å². The van der Waals surface area contributed by atoms with Crippen molar-refractivity contribution in [3.8, 4) is 0 Å². The quantitative estimate of drug-likeness (QED) is 0.652. The normalized spacial score (nSPS) is 19.5. The van der Waals surface area contributed by atoms with Crippen molar-refractivity contribution in [1.82, 2.24) is 0 Å². The van der Waals surface area contributed by atoms with Crippen LogP contribution in [-0.4, -0.2) is 11.2 Å². The Morgan fingerprint density at radius 2 is 1.93 bits per heavy atom. The van der Waals surface area contributed by atoms with Crippen LogP contribution in [0.1, 0.15) is 38.5 Å². The highest BCUT2D eigenvalue weighted by atomic mass is 35.5. The van der Waals surface area contributed by atoms with E-state index in [1.165, 1.54) is 0 Å². The fraction of sp³-hybridized carbons (Fsp3) is 0.700. The van der Waals surface area contributed by atoms with Crippen LogP contribution in [0.15, 0.2) is 11.6 Å². The average Bonchev–Trinajstić information content (AvgIpc) is 2.00. The lowest BCUT2D eigenvalue weighted by atomic mass is 9.97. The van der Waals surface area contributed by atoms with E-state index in [-0.39, 0.29) is 5.57 Å². The highest BCUT2D eigenvalue weighted by Gasteiger charge is 2.37. The van der Waals surface area contributed by atoms with Crippen molar-refractivity contribution in [3.05, 3.63) is 11.6 Å². The summed E-state index contributed by atoms with van der Waals surface area (Å²) in [6.07, 6.45) is 6.61. The van der Waals surface area contributed by atoms with Gasteiger partial charge in [0.2, 0.25) is 5.78 Å². The van der Waals surface area contributed by atoms with Crippen LogP contribution in [0, 0.1) is 0 Å². The Morgan fingerprint density at radius 3 is 2.57 bits per heavy atom. The Bertz CT molecular complexity index is 243. The van der Waals surface area contributed by atoms with Crippen molar-refractivity contribution >= 4 is 17.4 Å². The molecule has 0 bridgehead atoms. The van der Waals surface area contributed by atoms with E-state index < -0.39 is 11.2 Å². The van der Waals surface area contributed by atoms with E-state index in [0.29, 0.717) is 12.8 Å². The maximum Gasteiger partial charge on any atom is 0.384 e. The fourth-order valence-electron chi connectivity index (χ4n) is 1.58. The number of carbonyl (C=O) groups excluding carboxylic acids is 1. The standard InChI is InChI=1S/C10H13ClF2O/c11-10(12,13)9(14)8-6-4-2-1-3-5-7-8/h6H,1-5,7H2. The second-order valence-electron chi connectivity index (χ2n) is 3.51. The third-order valence-electron chi connectivity index (χ3n) is 2.34. The molecule has 1 aliphatic rings. The molecule has 1 aliphatic carbocycles. The zero-order valence-electron chi connectivity index (χ0n) is 7.86. The van der Waals surface area contributed by atoms with Gasteiger partial charge in [0, 0.05) is 0 Å². The molecule has 0 aromatic heterocycles. The SMILES string of the molecule is O=C(C1=CCCCCCC1)C(F)(F)Cl. The van der Waals surface area contributed by atoms with Crippen LogP contribution in [0.25, 0.3) is 0 Å². The highest BCUT2D eigenvalue weighted by molar-refractivity contribution is 6.35. The van der Waals surface area contributed by atoms with Gasteiger partial charge in [-0.05, 0) is 42.9 Å². The average molecular weight is 223 g/mol. The van der Waals surface area contributed by atoms with Gasteiger partial charge in [-0.25, -0.2) is 0 Å². The van der Waals surface area contributed by atoms with Crippen LogP contribution in [-0.2, 0) is 4.79 Å². The van der Waals surface area contributed by atoms with E-state index in [4.69, 9.17) is 0 Å². The molecule has 0 saturated carbocycles. The Labute approximate surface area is 87.1 Å². The van der Waals surface area contributed by atoms with Gasteiger partial charge in [-0.2, -0.15) is 8.78 Å². The molecular weight excluding hydrogens is 210 g/mol. The van der Waals surface area contributed by atoms with Crippen LogP contribution in [0.4, 0.5) is 8.78 Å². The molecule has 0 spiro atoms. The first kappa shape index (κ1) is 11.6. The second-order valence-corrected chi connectivity index (χ2v) is 3.98. The number of Topliss-reactive ketones (excluding diaryl/α,β-unsaturated/α-hetero) is 1. The van der Waals surface area contributed by atoms with Crippen LogP contribution in [0.5, 0.6) is 0 Å². The minimum atomic E-state index is -3.73. The third-order valence-corrected chi connectivity index (χ3v) is 2.51. The van der Waals surface area contributed by atoms with Crippen LogP contribution >= 0.6 is 11.6 Å². The molecule has 0 aromatic rings. The molecular formula is C10H13ClF2O. The van der Waals surface area contributed by atoms with Gasteiger partial charge in [0.15, 0.2) is 0 Å². The Hall–Kier alpha value is -0.440. The summed E-state index contributed by atoms with van der Waals surface area (Å²) in [5.41, 5.74) is 0.199. The number of rotatable bonds is 2. The fourth-order valence-corrected chi connectivity index (χ4v) is 1.70. The summed E-state index contributed by atoms with van der Waals surface area (Å²) in [6, 6.07) is 0. The first-order valence-corrected chi connectivity index (χ1v) is 5.20. The van der Waals surface area contributed by atoms with E-state index in [0.717, 1.165) is 25.7 Å². The molecule has 0 N–H and O–H groups in total. The molecule has 0 amide bonds. The molecule has 0 saturated heterocycles. The maximum absolute atomic E-state index is 12.5. The van der Waals surface area contributed by atoms with Crippen molar-refractivity contribution in [3.63, 3.8) is 0 Å². The monoisotopic (exact) mass is 222 g/mol. The molecule has 14 heavy (non-hydrogen) atoms. The molecule has 80 valence electrons. The summed E-state index contributed by atoms with van der Waals surface area (Å²) in [5, 5.41) is -3.73. The number of allylic oxidation sites excluding steroid dienone is 2. The molecule has 0 fully saturated rings. The van der Waals surface area contributed by atoms with Gasteiger partial charge < -0.3 is 0 Å². The van der Waals surface area contributed by atoms with Crippen LogP contribution in [0.2, 0.25) is 0 Å². The van der Waals surface area contributed by atoms with E-state index in [9.17, 15) is 13.6 Å². The summed E-state index contributed by atoms with van der Waals surface area (Å²) >= 11 is 4.69. The Kier molecular flexibility index (Phi) is 4.05. The lowest BCUT2D eigenvalue weighted by molar-refractivity contribution is -0.129. The van der Waals surface area contributed by atoms with Crippen LogP contribution in [0.3, 0.4) is 0 Å². The lowest BCUT2D eigenvalue weighted by Gasteiger charge is -2.12. The lowest BCUT2D eigenvalue weighted by Crippen LogP contribution is -2.23. The second kappa shape index (κ2) is 4.87. The number of hydrogen-bond donors (Lipinski definition) is 0. The highest BCUT2D eigenvalue weighted by Crippen LogP contribution is 2.27. The predicted molar refractivity (Wildman–Crippen MR) is 51.6 cm³/mol. The van der Waals surface area contributed by atoms with Gasteiger partial charge in [-0.15, -0.1) is 0 Å². The number of ketones is 1. The number of carbonyl (C=O) groups is 1. The molecule has 4 heteroatoms. The van der Waals surface area contributed by atoms with Crippen molar-refractivity contribution in [1.29, 1.82) is 0 Å². The summed E-state index contributed by atoms with van der Waals surface area (Å²) in [5.74, 6) is -1.22. The first-order valence-electron chi connectivity index (χ1n) is 4.82. The molecule has 1 nitrogen and oxygen atoms in total. The van der Waals surface area contributed by atoms with Gasteiger partial charge in [0.25, 0.3) is 0 Å². The topological polar surface area (TPSA) is 17.1 Å². The molecule has 0 radical (unpaired) electrons. The predicted octanol–water partition coefficient (Wildman–Crippen LogP) is 3.67. The largest absolute Gasteiger partial charge is 0.384 e. The zero-order chi connectivity index (χ0) is 10.6. The van der Waals surface area contributed by atoms with Gasteiger partial charge >= 0.3 is 5.38 Å². The van der Waals surface area contributed by atoms with Gasteiger partial charge in [-0.1, -0.05) is 18.9 Å². The van der Waals surface area contributed by atoms with Gasteiger partial charge in [0.05, 0.1) is 0 Å². The molecule has 0 aromatic carbocycles. The van der Waals surface area contributed by atoms with Crippen molar-refractivity contribution < 1.29 is 13.6 Å². The number of hydrogen-bond acceptors (Lipinski definition) is 1. The summed E-state index contributed by atoms with van der Waals surface area (Å²) < 4.78 is 25.0. The molecule has 1 rings (SSSR count). The first-order chi connectivity index (χ1) is 6.52. The third kappa shape index (κ3) is 3.37. The smallest absolute Gasteiger partial charge is 0.286 e.